The van der Waals surface area contributed by atoms with Crippen molar-refractivity contribution in [3.8, 4) is 11.1 Å². The Morgan fingerprint density at radius 1 is 0.897 bits per heavy atom. The van der Waals surface area contributed by atoms with Gasteiger partial charge in [0.15, 0.2) is 0 Å². The Hall–Kier alpha value is -3.45. The van der Waals surface area contributed by atoms with Crippen molar-refractivity contribution in [2.45, 2.75) is 6.92 Å². The van der Waals surface area contributed by atoms with E-state index in [9.17, 15) is 0 Å². The van der Waals surface area contributed by atoms with Gasteiger partial charge < -0.3 is 5.73 Å². The fourth-order valence-electron chi connectivity index (χ4n) is 2.60. The molecule has 29 heavy (non-hydrogen) atoms. The largest absolute Gasteiger partial charge is 0.369 e. The van der Waals surface area contributed by atoms with Crippen LogP contribution in [0.15, 0.2) is 81.4 Å². The predicted octanol–water partition coefficient (Wildman–Crippen LogP) is 4.69. The lowest BCUT2D eigenvalue weighted by Crippen LogP contribution is -2.25. The van der Waals surface area contributed by atoms with Crippen LogP contribution in [0.5, 0.6) is 0 Å². The molecular weight excluding hydrogens is 428 g/mol. The zero-order valence-corrected chi connectivity index (χ0v) is 17.4. The number of nitrogens with one attached hydrogen (secondary N) is 3. The van der Waals surface area contributed by atoms with Gasteiger partial charge in [0.25, 0.3) is 0 Å². The molecule has 3 rings (SSSR count). The molecule has 0 bridgehead atoms. The van der Waals surface area contributed by atoms with Crippen molar-refractivity contribution in [1.82, 2.24) is 5.43 Å². The highest BCUT2D eigenvalue weighted by molar-refractivity contribution is 9.10. The Morgan fingerprint density at radius 2 is 1.45 bits per heavy atom. The van der Waals surface area contributed by atoms with Crippen molar-refractivity contribution < 1.29 is 0 Å². The maximum absolute atomic E-state index is 7.07. The highest BCUT2D eigenvalue weighted by Crippen LogP contribution is 2.23. The molecule has 146 valence electrons. The van der Waals surface area contributed by atoms with E-state index in [1.54, 1.807) is 12.4 Å². The summed E-state index contributed by atoms with van der Waals surface area (Å²) in [7, 11) is 0. The molecule has 3 aromatic rings. The first-order valence-electron chi connectivity index (χ1n) is 8.90. The zero-order chi connectivity index (χ0) is 20.6. The predicted molar refractivity (Wildman–Crippen MR) is 125 cm³/mol. The number of aryl methyl sites for hydroxylation is 1. The Balaban J connectivity index is 1.63. The van der Waals surface area contributed by atoms with Crippen LogP contribution in [0.4, 0.5) is 5.69 Å². The lowest BCUT2D eigenvalue weighted by molar-refractivity contribution is 1.00. The molecule has 5 N–H and O–H groups in total. The summed E-state index contributed by atoms with van der Waals surface area (Å²) in [4.78, 5) is 0. The molecule has 0 atom stereocenters. The molecule has 7 heteroatoms. The van der Waals surface area contributed by atoms with Crippen molar-refractivity contribution in [3.05, 3.63) is 87.9 Å². The summed E-state index contributed by atoms with van der Waals surface area (Å²) in [6.07, 6.45) is 3.41. The monoisotopic (exact) mass is 448 g/mol. The second-order valence-electron chi connectivity index (χ2n) is 6.38. The summed E-state index contributed by atoms with van der Waals surface area (Å²) in [6, 6.07) is 22.2. The van der Waals surface area contributed by atoms with Gasteiger partial charge in [0, 0.05) is 4.47 Å². The van der Waals surface area contributed by atoms with Gasteiger partial charge >= 0.3 is 0 Å². The Labute approximate surface area is 178 Å². The SMILES string of the molecule is Cc1ccc(Br)c(N/N=C/c2ccc(-c3ccc(/C=N/NC(=N)N)cc3)cc2)c1. The van der Waals surface area contributed by atoms with Gasteiger partial charge in [-0.05, 0) is 62.8 Å². The quantitative estimate of drug-likeness (QED) is 0.250. The Kier molecular flexibility index (Phi) is 6.76. The summed E-state index contributed by atoms with van der Waals surface area (Å²) >= 11 is 3.51. The first kappa shape index (κ1) is 20.3. The fraction of sp³-hybridized carbons (Fsp3) is 0.0455. The molecule has 0 amide bonds. The standard InChI is InChI=1S/C22H21BrN6/c1-15-2-11-20(23)21(12-15)28-26-13-16-3-7-18(8-4-16)19-9-5-17(6-10-19)14-27-29-22(24)25/h2-14,28H,1H3,(H4,24,25,29)/b26-13+,27-14+. The van der Waals surface area contributed by atoms with Crippen molar-refractivity contribution in [2.75, 3.05) is 5.43 Å². The Morgan fingerprint density at radius 3 is 2.00 bits per heavy atom. The highest BCUT2D eigenvalue weighted by Gasteiger charge is 1.99. The van der Waals surface area contributed by atoms with Crippen LogP contribution >= 0.6 is 15.9 Å². The number of guanidine groups is 1. The molecule has 3 aromatic carbocycles. The van der Waals surface area contributed by atoms with Crippen molar-refractivity contribution in [1.29, 1.82) is 5.41 Å². The average Bonchev–Trinajstić information content (AvgIpc) is 2.71. The van der Waals surface area contributed by atoms with E-state index < -0.39 is 0 Å². The number of halogens is 1. The first-order valence-corrected chi connectivity index (χ1v) is 9.69. The normalized spacial score (nSPS) is 11.1. The first-order chi connectivity index (χ1) is 14.0. The van der Waals surface area contributed by atoms with E-state index in [1.165, 1.54) is 5.56 Å². The molecule has 0 aliphatic carbocycles. The third-order valence-corrected chi connectivity index (χ3v) is 4.77. The van der Waals surface area contributed by atoms with E-state index in [-0.39, 0.29) is 5.96 Å². The summed E-state index contributed by atoms with van der Waals surface area (Å²) in [5.74, 6) is -0.191. The van der Waals surface area contributed by atoms with Gasteiger partial charge in [-0.25, -0.2) is 5.43 Å². The Bertz CT molecular complexity index is 1040. The lowest BCUT2D eigenvalue weighted by Gasteiger charge is -2.05. The van der Waals surface area contributed by atoms with Crippen molar-refractivity contribution >= 4 is 40.0 Å². The van der Waals surface area contributed by atoms with Gasteiger partial charge in [-0.15, -0.1) is 0 Å². The molecule has 0 fully saturated rings. The topological polar surface area (TPSA) is 98.6 Å². The minimum Gasteiger partial charge on any atom is -0.369 e. The molecule has 0 radical (unpaired) electrons. The second kappa shape index (κ2) is 9.66. The van der Waals surface area contributed by atoms with E-state index in [4.69, 9.17) is 11.1 Å². The number of nitrogens with zero attached hydrogens (tertiary/aromatic N) is 2. The summed E-state index contributed by atoms with van der Waals surface area (Å²) in [5, 5.41) is 15.3. The molecule has 0 saturated carbocycles. The number of hydrogen-bond donors (Lipinski definition) is 4. The molecule has 0 saturated heterocycles. The molecule has 0 aliphatic rings. The molecule has 0 aliphatic heterocycles. The smallest absolute Gasteiger partial charge is 0.206 e. The van der Waals surface area contributed by atoms with Gasteiger partial charge in [-0.1, -0.05) is 54.6 Å². The molecule has 6 nitrogen and oxygen atoms in total. The maximum atomic E-state index is 7.07. The van der Waals surface area contributed by atoms with Crippen LogP contribution < -0.4 is 16.6 Å². The van der Waals surface area contributed by atoms with E-state index in [0.29, 0.717) is 0 Å². The minimum atomic E-state index is -0.191. The van der Waals surface area contributed by atoms with Crippen LogP contribution in [0, 0.1) is 12.3 Å². The van der Waals surface area contributed by atoms with Crippen LogP contribution in [0.1, 0.15) is 16.7 Å². The van der Waals surface area contributed by atoms with Crippen LogP contribution in [0.2, 0.25) is 0 Å². The molecule has 0 unspecified atom stereocenters. The van der Waals surface area contributed by atoms with E-state index >= 15 is 0 Å². The third kappa shape index (κ3) is 6.02. The van der Waals surface area contributed by atoms with Gasteiger partial charge in [0.2, 0.25) is 5.96 Å². The van der Waals surface area contributed by atoms with Gasteiger partial charge in [0.1, 0.15) is 0 Å². The van der Waals surface area contributed by atoms with Gasteiger partial charge in [-0.3, -0.25) is 10.8 Å². The second-order valence-corrected chi connectivity index (χ2v) is 7.24. The van der Waals surface area contributed by atoms with E-state index in [0.717, 1.165) is 32.4 Å². The van der Waals surface area contributed by atoms with Crippen molar-refractivity contribution in [2.24, 2.45) is 15.9 Å². The zero-order valence-electron chi connectivity index (χ0n) is 15.9. The number of rotatable bonds is 6. The van der Waals surface area contributed by atoms with E-state index in [1.807, 2.05) is 61.5 Å². The van der Waals surface area contributed by atoms with Gasteiger partial charge in [-0.2, -0.15) is 10.2 Å². The summed E-state index contributed by atoms with van der Waals surface area (Å²) in [6.45, 7) is 2.04. The fourth-order valence-corrected chi connectivity index (χ4v) is 2.94. The maximum Gasteiger partial charge on any atom is 0.206 e. The lowest BCUT2D eigenvalue weighted by atomic mass is 10.0. The summed E-state index contributed by atoms with van der Waals surface area (Å²) in [5.41, 5.74) is 16.9. The number of nitrogens with two attached hydrogens (primary N) is 1. The van der Waals surface area contributed by atoms with Crippen LogP contribution in [-0.2, 0) is 0 Å². The number of anilines is 1. The van der Waals surface area contributed by atoms with E-state index in [2.05, 4.69) is 49.1 Å². The van der Waals surface area contributed by atoms with Crippen LogP contribution in [-0.4, -0.2) is 18.4 Å². The van der Waals surface area contributed by atoms with Crippen LogP contribution in [0.25, 0.3) is 11.1 Å². The molecule has 0 aromatic heterocycles. The minimum absolute atomic E-state index is 0.191. The average molecular weight is 449 g/mol. The molecule has 0 spiro atoms. The van der Waals surface area contributed by atoms with Gasteiger partial charge in [0.05, 0.1) is 18.1 Å². The number of hydrogen-bond acceptors (Lipinski definition) is 4. The highest BCUT2D eigenvalue weighted by atomic mass is 79.9. The third-order valence-electron chi connectivity index (χ3n) is 4.07. The molecule has 0 heterocycles. The number of hydrazone groups is 2. The summed E-state index contributed by atoms with van der Waals surface area (Å²) < 4.78 is 0.973. The molecular formula is C22H21BrN6. The number of benzene rings is 3. The van der Waals surface area contributed by atoms with Crippen LogP contribution in [0.3, 0.4) is 0 Å². The van der Waals surface area contributed by atoms with Crippen molar-refractivity contribution in [3.63, 3.8) is 0 Å².